The minimum absolute atomic E-state index is 0.0139. The van der Waals surface area contributed by atoms with Gasteiger partial charge in [-0.2, -0.15) is 13.2 Å². The third-order valence-corrected chi connectivity index (χ3v) is 3.84. The first-order valence-corrected chi connectivity index (χ1v) is 8.13. The van der Waals surface area contributed by atoms with Crippen LogP contribution in [0.4, 0.5) is 19.0 Å². The summed E-state index contributed by atoms with van der Waals surface area (Å²) in [5.41, 5.74) is 5.83. The van der Waals surface area contributed by atoms with Crippen LogP contribution in [0.25, 0.3) is 0 Å². The van der Waals surface area contributed by atoms with Crippen molar-refractivity contribution in [1.29, 1.82) is 0 Å². The summed E-state index contributed by atoms with van der Waals surface area (Å²) in [5.74, 6) is -1.83. The van der Waals surface area contributed by atoms with E-state index in [0.29, 0.717) is 32.5 Å². The molecule has 0 atom stereocenters. The maximum Gasteiger partial charge on any atom is 0.451 e. The highest BCUT2D eigenvalue weighted by Gasteiger charge is 2.36. The third kappa shape index (κ3) is 5.27. The van der Waals surface area contributed by atoms with Gasteiger partial charge in [-0.1, -0.05) is 0 Å². The number of ether oxygens (including phenoxy) is 1. The lowest BCUT2D eigenvalue weighted by Crippen LogP contribution is -2.43. The largest absolute Gasteiger partial charge is 0.451 e. The fraction of sp³-hybridized carbons (Fsp3) is 0.667. The summed E-state index contributed by atoms with van der Waals surface area (Å²) in [5, 5.41) is 2.74. The number of carbonyl (C=O) groups is 1. The molecular weight excluding hydrogens is 339 g/mol. The van der Waals surface area contributed by atoms with E-state index < -0.39 is 17.9 Å². The summed E-state index contributed by atoms with van der Waals surface area (Å²) < 4.78 is 43.7. The molecule has 0 aliphatic carbocycles. The predicted octanol–water partition coefficient (Wildman–Crippen LogP) is 1.51. The molecule has 10 heteroatoms. The van der Waals surface area contributed by atoms with Crippen molar-refractivity contribution in [2.45, 2.75) is 32.0 Å². The first kappa shape index (κ1) is 19.4. The summed E-state index contributed by atoms with van der Waals surface area (Å²) in [7, 11) is 0. The average molecular weight is 361 g/mol. The lowest BCUT2D eigenvalue weighted by Gasteiger charge is -2.30. The summed E-state index contributed by atoms with van der Waals surface area (Å²) >= 11 is 0. The van der Waals surface area contributed by atoms with Crippen LogP contribution in [-0.4, -0.2) is 59.7 Å². The number of nitrogens with one attached hydrogen (secondary N) is 1. The zero-order valence-electron chi connectivity index (χ0n) is 14.0. The minimum Gasteiger partial charge on any atom is -0.380 e. The lowest BCUT2D eigenvalue weighted by molar-refractivity contribution is -0.144. The van der Waals surface area contributed by atoms with Gasteiger partial charge >= 0.3 is 6.18 Å². The second-order valence-corrected chi connectivity index (χ2v) is 5.71. The zero-order chi connectivity index (χ0) is 18.4. The first-order valence-electron chi connectivity index (χ1n) is 8.13. The molecule has 1 amide bonds. The highest BCUT2D eigenvalue weighted by Crippen LogP contribution is 2.28. The van der Waals surface area contributed by atoms with Crippen molar-refractivity contribution < 1.29 is 22.7 Å². The average Bonchev–Trinajstić information content (AvgIpc) is 2.58. The Hall–Kier alpha value is -1.94. The quantitative estimate of drug-likeness (QED) is 0.746. The van der Waals surface area contributed by atoms with Crippen LogP contribution >= 0.6 is 0 Å². The van der Waals surface area contributed by atoms with Crippen LogP contribution in [0.1, 0.15) is 35.9 Å². The molecule has 1 aliphatic rings. The first-order chi connectivity index (χ1) is 11.8. The van der Waals surface area contributed by atoms with Gasteiger partial charge in [0.05, 0.1) is 6.61 Å². The Morgan fingerprint density at radius 1 is 1.44 bits per heavy atom. The van der Waals surface area contributed by atoms with Crippen LogP contribution in [-0.2, 0) is 10.9 Å². The predicted molar refractivity (Wildman–Crippen MR) is 85.1 cm³/mol. The van der Waals surface area contributed by atoms with Crippen molar-refractivity contribution in [3.8, 4) is 0 Å². The van der Waals surface area contributed by atoms with Crippen molar-refractivity contribution in [2.24, 2.45) is 5.73 Å². The maximum atomic E-state index is 12.9. The van der Waals surface area contributed by atoms with Gasteiger partial charge in [0.2, 0.25) is 5.82 Å². The van der Waals surface area contributed by atoms with Crippen LogP contribution in [0.5, 0.6) is 0 Å². The van der Waals surface area contributed by atoms with E-state index in [1.165, 1.54) is 0 Å². The number of rotatable bonds is 6. The van der Waals surface area contributed by atoms with E-state index in [9.17, 15) is 18.0 Å². The fourth-order valence-corrected chi connectivity index (χ4v) is 2.47. The number of anilines is 1. The van der Waals surface area contributed by atoms with Gasteiger partial charge in [0.1, 0.15) is 11.4 Å². The molecule has 2 heterocycles. The second-order valence-electron chi connectivity index (χ2n) is 5.71. The standard InChI is InChI=1S/C15H22F3N5O2/c1-2-25-8-5-20-12-11(9-21-14(22-12)15(16,17)18)13(24)23-6-3-10(19)4-7-23/h9-10H,2-8,19H2,1H3,(H,20,21,22). The molecule has 7 nitrogen and oxygen atoms in total. The fourth-order valence-electron chi connectivity index (χ4n) is 2.47. The molecular formula is C15H22F3N5O2. The van der Waals surface area contributed by atoms with E-state index in [-0.39, 0.29) is 30.6 Å². The monoisotopic (exact) mass is 361 g/mol. The van der Waals surface area contributed by atoms with Gasteiger partial charge in [0, 0.05) is 38.5 Å². The number of alkyl halides is 3. The number of nitrogens with two attached hydrogens (primary N) is 1. The molecule has 1 aromatic rings. The minimum atomic E-state index is -4.68. The Bertz CT molecular complexity index is 589. The Kier molecular flexibility index (Phi) is 6.54. The number of carbonyl (C=O) groups excluding carboxylic acids is 1. The van der Waals surface area contributed by atoms with Gasteiger partial charge in [-0.25, -0.2) is 9.97 Å². The van der Waals surface area contributed by atoms with Gasteiger partial charge in [-0.3, -0.25) is 4.79 Å². The molecule has 140 valence electrons. The number of nitrogens with zero attached hydrogens (tertiary/aromatic N) is 3. The SMILES string of the molecule is CCOCCNc1nc(C(F)(F)F)ncc1C(=O)N1CCC(N)CC1. The summed E-state index contributed by atoms with van der Waals surface area (Å²) in [6, 6.07) is 0.0386. The topological polar surface area (TPSA) is 93.4 Å². The number of halogens is 3. The lowest BCUT2D eigenvalue weighted by atomic mass is 10.1. The number of likely N-dealkylation sites (tertiary alicyclic amines) is 1. The van der Waals surface area contributed by atoms with E-state index in [1.54, 1.807) is 4.90 Å². The van der Waals surface area contributed by atoms with Crippen molar-refractivity contribution in [3.05, 3.63) is 17.6 Å². The van der Waals surface area contributed by atoms with Crippen molar-refractivity contribution >= 4 is 11.7 Å². The molecule has 1 aliphatic heterocycles. The maximum absolute atomic E-state index is 12.9. The van der Waals surface area contributed by atoms with E-state index in [1.807, 2.05) is 6.92 Å². The molecule has 1 fully saturated rings. The Balaban J connectivity index is 2.20. The van der Waals surface area contributed by atoms with Gasteiger partial charge in [0.15, 0.2) is 0 Å². The van der Waals surface area contributed by atoms with Crippen LogP contribution < -0.4 is 11.1 Å². The second kappa shape index (κ2) is 8.43. The molecule has 3 N–H and O–H groups in total. The molecule has 25 heavy (non-hydrogen) atoms. The number of piperidine rings is 1. The van der Waals surface area contributed by atoms with Gasteiger partial charge in [-0.15, -0.1) is 0 Å². The number of amides is 1. The number of hydrogen-bond donors (Lipinski definition) is 2. The Morgan fingerprint density at radius 2 is 2.12 bits per heavy atom. The molecule has 0 radical (unpaired) electrons. The van der Waals surface area contributed by atoms with E-state index >= 15 is 0 Å². The molecule has 2 rings (SSSR count). The molecule has 1 saturated heterocycles. The third-order valence-electron chi connectivity index (χ3n) is 3.84. The number of hydrogen-bond acceptors (Lipinski definition) is 6. The smallest absolute Gasteiger partial charge is 0.380 e. The van der Waals surface area contributed by atoms with Crippen LogP contribution in [0.15, 0.2) is 6.20 Å². The Labute approximate surface area is 143 Å². The normalized spacial score (nSPS) is 16.1. The van der Waals surface area contributed by atoms with E-state index in [2.05, 4.69) is 15.3 Å². The summed E-state index contributed by atoms with van der Waals surface area (Å²) in [6.07, 6.45) is -2.45. The highest BCUT2D eigenvalue weighted by molar-refractivity contribution is 5.98. The van der Waals surface area contributed by atoms with E-state index in [0.717, 1.165) is 6.20 Å². The molecule has 1 aromatic heterocycles. The van der Waals surface area contributed by atoms with Gasteiger partial charge < -0.3 is 20.7 Å². The summed E-state index contributed by atoms with van der Waals surface area (Å²) in [6.45, 7) is 3.72. The van der Waals surface area contributed by atoms with E-state index in [4.69, 9.17) is 10.5 Å². The Morgan fingerprint density at radius 3 is 2.72 bits per heavy atom. The molecule has 0 spiro atoms. The molecule has 0 saturated carbocycles. The van der Waals surface area contributed by atoms with Crippen molar-refractivity contribution in [1.82, 2.24) is 14.9 Å². The molecule has 0 bridgehead atoms. The van der Waals surface area contributed by atoms with Crippen molar-refractivity contribution in [3.63, 3.8) is 0 Å². The number of aromatic nitrogens is 2. The van der Waals surface area contributed by atoms with Crippen LogP contribution in [0.2, 0.25) is 0 Å². The van der Waals surface area contributed by atoms with Gasteiger partial charge in [-0.05, 0) is 19.8 Å². The summed E-state index contributed by atoms with van der Waals surface area (Å²) in [4.78, 5) is 21.0. The molecule has 0 aromatic carbocycles. The zero-order valence-corrected chi connectivity index (χ0v) is 14.0. The van der Waals surface area contributed by atoms with Gasteiger partial charge in [0.25, 0.3) is 5.91 Å². The van der Waals surface area contributed by atoms with Crippen LogP contribution in [0.3, 0.4) is 0 Å². The highest BCUT2D eigenvalue weighted by atomic mass is 19.4. The molecule has 0 unspecified atom stereocenters. The van der Waals surface area contributed by atoms with Crippen molar-refractivity contribution in [2.75, 3.05) is 38.2 Å². The van der Waals surface area contributed by atoms with Crippen LogP contribution in [0, 0.1) is 0 Å².